The van der Waals surface area contributed by atoms with Crippen LogP contribution in [-0.4, -0.2) is 16.1 Å². The number of carbonyl (C=O) groups excluding carboxylic acids is 1. The summed E-state index contributed by atoms with van der Waals surface area (Å²) in [5, 5.41) is 9.54. The van der Waals surface area contributed by atoms with Gasteiger partial charge in [0.1, 0.15) is 0 Å². The molecule has 4 nitrogen and oxygen atoms in total. The Balaban J connectivity index is 2.21. The highest BCUT2D eigenvalue weighted by Gasteiger charge is 2.10. The largest absolute Gasteiger partial charge is 0.320 e. The number of amides is 1. The maximum atomic E-state index is 11.9. The van der Waals surface area contributed by atoms with E-state index in [2.05, 4.69) is 15.5 Å². The van der Waals surface area contributed by atoms with E-state index in [1.807, 2.05) is 39.0 Å². The zero-order valence-electron chi connectivity index (χ0n) is 10.2. The number of hydrogen-bond acceptors (Lipinski definition) is 2. The van der Waals surface area contributed by atoms with Crippen molar-refractivity contribution in [3.05, 3.63) is 46.8 Å². The van der Waals surface area contributed by atoms with Crippen molar-refractivity contribution in [2.45, 2.75) is 20.8 Å². The molecule has 0 spiro atoms. The smallest absolute Gasteiger partial charge is 0.276 e. The number of anilines is 1. The summed E-state index contributed by atoms with van der Waals surface area (Å²) in [7, 11) is 0. The van der Waals surface area contributed by atoms with Crippen molar-refractivity contribution < 1.29 is 4.79 Å². The third kappa shape index (κ3) is 2.53. The van der Waals surface area contributed by atoms with E-state index in [9.17, 15) is 4.79 Å². The lowest BCUT2D eigenvalue weighted by molar-refractivity contribution is 0.102. The molecule has 0 atom stereocenters. The minimum absolute atomic E-state index is 0.192. The van der Waals surface area contributed by atoms with Gasteiger partial charge in [0.05, 0.1) is 0 Å². The van der Waals surface area contributed by atoms with Gasteiger partial charge in [0.25, 0.3) is 5.91 Å². The zero-order chi connectivity index (χ0) is 12.4. The first-order valence-corrected chi connectivity index (χ1v) is 5.47. The lowest BCUT2D eigenvalue weighted by Gasteiger charge is -2.07. The van der Waals surface area contributed by atoms with Gasteiger partial charge in [-0.2, -0.15) is 5.10 Å². The van der Waals surface area contributed by atoms with Gasteiger partial charge in [-0.15, -0.1) is 0 Å². The van der Waals surface area contributed by atoms with E-state index >= 15 is 0 Å². The molecule has 4 heteroatoms. The Kier molecular flexibility index (Phi) is 2.95. The molecule has 0 aliphatic carbocycles. The average molecular weight is 229 g/mol. The molecule has 0 unspecified atom stereocenters. The Morgan fingerprint density at radius 2 is 2.00 bits per heavy atom. The maximum absolute atomic E-state index is 11.9. The predicted octanol–water partition coefficient (Wildman–Crippen LogP) is 2.59. The standard InChI is InChI=1S/C13H15N3O/c1-8-4-5-9(2)11(6-8)14-13(17)12-7-10(3)15-16-12/h4-7H,1-3H3,(H,14,17)(H,15,16). The average Bonchev–Trinajstić information content (AvgIpc) is 2.70. The van der Waals surface area contributed by atoms with Gasteiger partial charge in [0, 0.05) is 11.4 Å². The first-order valence-electron chi connectivity index (χ1n) is 5.47. The van der Waals surface area contributed by atoms with Gasteiger partial charge in [-0.1, -0.05) is 12.1 Å². The van der Waals surface area contributed by atoms with E-state index in [4.69, 9.17) is 0 Å². The van der Waals surface area contributed by atoms with E-state index in [1.165, 1.54) is 0 Å². The normalized spacial score (nSPS) is 10.3. The molecule has 2 aromatic rings. The summed E-state index contributed by atoms with van der Waals surface area (Å²) >= 11 is 0. The Bertz CT molecular complexity index is 558. The number of nitrogens with zero attached hydrogens (tertiary/aromatic N) is 1. The number of aromatic amines is 1. The lowest BCUT2D eigenvalue weighted by Crippen LogP contribution is -2.13. The number of H-pyrrole nitrogens is 1. The van der Waals surface area contributed by atoms with Crippen molar-refractivity contribution in [2.24, 2.45) is 0 Å². The quantitative estimate of drug-likeness (QED) is 0.831. The highest BCUT2D eigenvalue weighted by atomic mass is 16.1. The van der Waals surface area contributed by atoms with Crippen molar-refractivity contribution in [2.75, 3.05) is 5.32 Å². The molecular weight excluding hydrogens is 214 g/mol. The number of nitrogens with one attached hydrogen (secondary N) is 2. The van der Waals surface area contributed by atoms with E-state index in [0.717, 1.165) is 22.5 Å². The predicted molar refractivity (Wildman–Crippen MR) is 67.2 cm³/mol. The van der Waals surface area contributed by atoms with Gasteiger partial charge >= 0.3 is 0 Å². The summed E-state index contributed by atoms with van der Waals surface area (Å²) in [6, 6.07) is 7.68. The summed E-state index contributed by atoms with van der Waals surface area (Å²) in [4.78, 5) is 11.9. The molecule has 17 heavy (non-hydrogen) atoms. The van der Waals surface area contributed by atoms with Crippen LogP contribution in [0.2, 0.25) is 0 Å². The van der Waals surface area contributed by atoms with Gasteiger partial charge in [-0.3, -0.25) is 9.89 Å². The van der Waals surface area contributed by atoms with Crippen LogP contribution in [0.15, 0.2) is 24.3 Å². The molecule has 0 aliphatic rings. The molecule has 1 heterocycles. The molecule has 0 fully saturated rings. The van der Waals surface area contributed by atoms with Gasteiger partial charge in [-0.25, -0.2) is 0 Å². The molecule has 0 saturated heterocycles. The Morgan fingerprint density at radius 3 is 2.65 bits per heavy atom. The summed E-state index contributed by atoms with van der Waals surface area (Å²) < 4.78 is 0. The summed E-state index contributed by atoms with van der Waals surface area (Å²) in [5.41, 5.74) is 4.26. The number of aryl methyl sites for hydroxylation is 3. The molecule has 1 amide bonds. The SMILES string of the molecule is Cc1ccc(C)c(NC(=O)c2cc(C)[nH]n2)c1. The van der Waals surface area contributed by atoms with Crippen LogP contribution in [0, 0.1) is 20.8 Å². The van der Waals surface area contributed by atoms with E-state index < -0.39 is 0 Å². The van der Waals surface area contributed by atoms with Gasteiger partial charge in [-0.05, 0) is 44.0 Å². The van der Waals surface area contributed by atoms with Crippen LogP contribution >= 0.6 is 0 Å². The lowest BCUT2D eigenvalue weighted by atomic mass is 10.1. The Labute approximate surface area is 100 Å². The van der Waals surface area contributed by atoms with Crippen molar-refractivity contribution in [3.63, 3.8) is 0 Å². The van der Waals surface area contributed by atoms with Crippen LogP contribution < -0.4 is 5.32 Å². The minimum atomic E-state index is -0.192. The van der Waals surface area contributed by atoms with Gasteiger partial charge in [0.2, 0.25) is 0 Å². The highest BCUT2D eigenvalue weighted by molar-refractivity contribution is 6.03. The Morgan fingerprint density at radius 1 is 1.24 bits per heavy atom. The van der Waals surface area contributed by atoms with E-state index in [0.29, 0.717) is 5.69 Å². The fraction of sp³-hybridized carbons (Fsp3) is 0.231. The van der Waals surface area contributed by atoms with Crippen molar-refractivity contribution >= 4 is 11.6 Å². The van der Waals surface area contributed by atoms with Crippen molar-refractivity contribution in [1.29, 1.82) is 0 Å². The molecule has 2 rings (SSSR count). The summed E-state index contributed by atoms with van der Waals surface area (Å²) in [5.74, 6) is -0.192. The number of benzene rings is 1. The van der Waals surface area contributed by atoms with Crippen LogP contribution in [0.25, 0.3) is 0 Å². The second-order valence-electron chi connectivity index (χ2n) is 4.21. The van der Waals surface area contributed by atoms with E-state index in [-0.39, 0.29) is 5.91 Å². The second-order valence-corrected chi connectivity index (χ2v) is 4.21. The van der Waals surface area contributed by atoms with Crippen LogP contribution in [0.3, 0.4) is 0 Å². The first kappa shape index (κ1) is 11.4. The molecule has 0 radical (unpaired) electrons. The fourth-order valence-corrected chi connectivity index (χ4v) is 1.59. The van der Waals surface area contributed by atoms with Crippen molar-refractivity contribution in [1.82, 2.24) is 10.2 Å². The van der Waals surface area contributed by atoms with Crippen LogP contribution in [-0.2, 0) is 0 Å². The fourth-order valence-electron chi connectivity index (χ4n) is 1.59. The number of hydrogen-bond donors (Lipinski definition) is 2. The third-order valence-electron chi connectivity index (χ3n) is 2.58. The number of carbonyl (C=O) groups is 1. The molecular formula is C13H15N3O. The van der Waals surface area contributed by atoms with Crippen molar-refractivity contribution in [3.8, 4) is 0 Å². The van der Waals surface area contributed by atoms with E-state index in [1.54, 1.807) is 6.07 Å². The van der Waals surface area contributed by atoms with Gasteiger partial charge < -0.3 is 5.32 Å². The zero-order valence-corrected chi connectivity index (χ0v) is 10.2. The topological polar surface area (TPSA) is 57.8 Å². The minimum Gasteiger partial charge on any atom is -0.320 e. The van der Waals surface area contributed by atoms with Crippen LogP contribution in [0.4, 0.5) is 5.69 Å². The number of rotatable bonds is 2. The second kappa shape index (κ2) is 4.41. The molecule has 2 N–H and O–H groups in total. The molecule has 88 valence electrons. The maximum Gasteiger partial charge on any atom is 0.276 e. The monoisotopic (exact) mass is 229 g/mol. The number of aromatic nitrogens is 2. The highest BCUT2D eigenvalue weighted by Crippen LogP contribution is 2.17. The summed E-state index contributed by atoms with van der Waals surface area (Å²) in [6.07, 6.45) is 0. The van der Waals surface area contributed by atoms with Gasteiger partial charge in [0.15, 0.2) is 5.69 Å². The molecule has 1 aromatic carbocycles. The Hall–Kier alpha value is -2.10. The molecule has 0 saturated carbocycles. The molecule has 0 aliphatic heterocycles. The summed E-state index contributed by atoms with van der Waals surface area (Å²) in [6.45, 7) is 5.82. The molecule has 1 aromatic heterocycles. The first-order chi connectivity index (χ1) is 8.06. The van der Waals surface area contributed by atoms with Crippen LogP contribution in [0.1, 0.15) is 27.3 Å². The third-order valence-corrected chi connectivity index (χ3v) is 2.58. The molecule has 0 bridgehead atoms. The van der Waals surface area contributed by atoms with Crippen LogP contribution in [0.5, 0.6) is 0 Å².